The van der Waals surface area contributed by atoms with E-state index in [9.17, 15) is 4.79 Å². The van der Waals surface area contributed by atoms with Crippen LogP contribution in [0.15, 0.2) is 66.7 Å². The Bertz CT molecular complexity index is 1270. The monoisotopic (exact) mass is 446 g/mol. The molecule has 1 fully saturated rings. The fourth-order valence-electron chi connectivity index (χ4n) is 4.17. The Labute approximate surface area is 191 Å². The van der Waals surface area contributed by atoms with Gasteiger partial charge in [0.05, 0.1) is 25.7 Å². The lowest BCUT2D eigenvalue weighted by Crippen LogP contribution is -2.49. The molecule has 1 aromatic heterocycles. The van der Waals surface area contributed by atoms with Crippen molar-refractivity contribution < 1.29 is 23.7 Å². The number of aromatic amines is 1. The van der Waals surface area contributed by atoms with Gasteiger partial charge in [-0.05, 0) is 30.3 Å². The number of benzene rings is 3. The minimum atomic E-state index is -0.213. The lowest BCUT2D eigenvalue weighted by Gasteiger charge is -2.32. The third-order valence-electron chi connectivity index (χ3n) is 5.82. The summed E-state index contributed by atoms with van der Waals surface area (Å²) in [6.45, 7) is 1.69. The van der Waals surface area contributed by atoms with Crippen molar-refractivity contribution in [2.24, 2.45) is 0 Å². The number of carbonyl (C=O) groups is 1. The van der Waals surface area contributed by atoms with Gasteiger partial charge in [-0.3, -0.25) is 4.79 Å². The van der Waals surface area contributed by atoms with E-state index in [1.165, 1.54) is 0 Å². The van der Waals surface area contributed by atoms with E-state index in [0.717, 1.165) is 27.6 Å². The highest BCUT2D eigenvalue weighted by Crippen LogP contribution is 2.33. The molecular weight excluding hydrogens is 420 g/mol. The van der Waals surface area contributed by atoms with Crippen LogP contribution in [0.5, 0.6) is 17.2 Å². The van der Waals surface area contributed by atoms with Gasteiger partial charge in [0.25, 0.3) is 0 Å². The molecule has 170 valence electrons. The maximum absolute atomic E-state index is 12.3. The lowest BCUT2D eigenvalue weighted by molar-refractivity contribution is -0.150. The minimum Gasteiger partial charge on any atom is -0.493 e. The first-order valence-corrected chi connectivity index (χ1v) is 11.0. The summed E-state index contributed by atoms with van der Waals surface area (Å²) in [5.41, 5.74) is 2.10. The Balaban J connectivity index is 1.21. The summed E-state index contributed by atoms with van der Waals surface area (Å²) in [5, 5.41) is 2.18. The summed E-state index contributed by atoms with van der Waals surface area (Å²) in [4.78, 5) is 17.5. The van der Waals surface area contributed by atoms with Gasteiger partial charge in [0, 0.05) is 16.3 Å². The Hall–Kier alpha value is -3.71. The van der Waals surface area contributed by atoms with Crippen LogP contribution in [0.25, 0.3) is 21.8 Å². The zero-order valence-electron chi connectivity index (χ0n) is 18.5. The highest BCUT2D eigenvalue weighted by atomic mass is 16.5. The van der Waals surface area contributed by atoms with Crippen molar-refractivity contribution in [1.82, 2.24) is 9.88 Å². The molecule has 1 amide bonds. The summed E-state index contributed by atoms with van der Waals surface area (Å²) in [6.07, 6.45) is -0.213. The number of nitrogens with zero attached hydrogens (tertiary/aromatic N) is 1. The van der Waals surface area contributed by atoms with Crippen LogP contribution in [0.2, 0.25) is 0 Å². The Morgan fingerprint density at radius 1 is 0.939 bits per heavy atom. The largest absolute Gasteiger partial charge is 0.493 e. The van der Waals surface area contributed by atoms with Gasteiger partial charge >= 0.3 is 0 Å². The zero-order chi connectivity index (χ0) is 22.6. The molecule has 0 saturated carbocycles. The fourth-order valence-corrected chi connectivity index (χ4v) is 4.17. The first kappa shape index (κ1) is 21.2. The van der Waals surface area contributed by atoms with E-state index < -0.39 is 0 Å². The highest BCUT2D eigenvalue weighted by Gasteiger charge is 2.27. The summed E-state index contributed by atoms with van der Waals surface area (Å²) < 4.78 is 23.1. The predicted octanol–water partition coefficient (Wildman–Crippen LogP) is 4.01. The van der Waals surface area contributed by atoms with Crippen molar-refractivity contribution >= 4 is 27.7 Å². The van der Waals surface area contributed by atoms with Crippen LogP contribution < -0.4 is 14.2 Å². The number of carbonyl (C=O) groups excluding carboxylic acids is 1. The third-order valence-corrected chi connectivity index (χ3v) is 5.82. The van der Waals surface area contributed by atoms with Gasteiger partial charge in [-0.2, -0.15) is 0 Å². The number of para-hydroxylation sites is 3. The molecule has 1 saturated heterocycles. The molecule has 0 aliphatic carbocycles. The third kappa shape index (κ3) is 4.45. The molecule has 7 nitrogen and oxygen atoms in total. The quantitative estimate of drug-likeness (QED) is 0.443. The van der Waals surface area contributed by atoms with Crippen molar-refractivity contribution in [2.45, 2.75) is 6.10 Å². The molecular formula is C26H26N2O5. The molecule has 0 spiro atoms. The number of ether oxygens (including phenoxy) is 4. The first-order chi connectivity index (χ1) is 16.2. The van der Waals surface area contributed by atoms with E-state index in [0.29, 0.717) is 37.8 Å². The van der Waals surface area contributed by atoms with Crippen molar-refractivity contribution in [3.63, 3.8) is 0 Å². The molecule has 0 radical (unpaired) electrons. The number of nitrogens with one attached hydrogen (secondary N) is 1. The van der Waals surface area contributed by atoms with Gasteiger partial charge in [-0.15, -0.1) is 0 Å². The number of aromatic nitrogens is 1. The van der Waals surface area contributed by atoms with Crippen molar-refractivity contribution in [1.29, 1.82) is 0 Å². The van der Waals surface area contributed by atoms with Crippen LogP contribution in [0.1, 0.15) is 0 Å². The minimum absolute atomic E-state index is 0.0416. The molecule has 4 aromatic rings. The van der Waals surface area contributed by atoms with Crippen molar-refractivity contribution in [2.75, 3.05) is 40.0 Å². The standard InChI is InChI=1S/C26H26N2O5/c1-30-22-10-4-5-11-23(22)31-14-13-28-15-18(32-17-25(28)29)16-33-24-12-6-9-21-26(24)19-7-2-3-8-20(19)27-21/h2-12,18,27H,13-17H2,1H3/t18-/m1/s1. The number of hydrogen-bond donors (Lipinski definition) is 1. The van der Waals surface area contributed by atoms with Crippen LogP contribution >= 0.6 is 0 Å². The molecule has 1 aliphatic rings. The second-order valence-corrected chi connectivity index (χ2v) is 7.93. The van der Waals surface area contributed by atoms with Crippen LogP contribution in [-0.2, 0) is 9.53 Å². The molecule has 0 bridgehead atoms. The molecule has 3 aromatic carbocycles. The second kappa shape index (κ2) is 9.42. The van der Waals surface area contributed by atoms with E-state index in [-0.39, 0.29) is 18.6 Å². The summed E-state index contributed by atoms with van der Waals surface area (Å²) in [7, 11) is 1.61. The average molecular weight is 447 g/mol. The van der Waals surface area contributed by atoms with Gasteiger partial charge in [0.1, 0.15) is 31.7 Å². The molecule has 1 N–H and O–H groups in total. The summed E-state index contributed by atoms with van der Waals surface area (Å²) in [6, 6.07) is 21.6. The van der Waals surface area contributed by atoms with Crippen LogP contribution in [0.3, 0.4) is 0 Å². The Morgan fingerprint density at radius 3 is 2.58 bits per heavy atom. The maximum Gasteiger partial charge on any atom is 0.248 e. The number of H-pyrrole nitrogens is 1. The molecule has 0 unspecified atom stereocenters. The lowest BCUT2D eigenvalue weighted by atomic mass is 10.1. The van der Waals surface area contributed by atoms with Gasteiger partial charge in [-0.1, -0.05) is 36.4 Å². The maximum atomic E-state index is 12.3. The Kier molecular flexibility index (Phi) is 6.04. The Morgan fingerprint density at radius 2 is 1.70 bits per heavy atom. The zero-order valence-corrected chi connectivity index (χ0v) is 18.5. The number of morpholine rings is 1. The second-order valence-electron chi connectivity index (χ2n) is 7.93. The van der Waals surface area contributed by atoms with Gasteiger partial charge in [-0.25, -0.2) is 0 Å². The van der Waals surface area contributed by atoms with Crippen LogP contribution in [0, 0.1) is 0 Å². The highest BCUT2D eigenvalue weighted by molar-refractivity contribution is 6.10. The van der Waals surface area contributed by atoms with Crippen LogP contribution in [-0.4, -0.2) is 61.9 Å². The number of hydrogen-bond acceptors (Lipinski definition) is 5. The number of methoxy groups -OCH3 is 1. The summed E-state index contributed by atoms with van der Waals surface area (Å²) in [5.74, 6) is 2.08. The van der Waals surface area contributed by atoms with Gasteiger partial charge < -0.3 is 28.8 Å². The molecule has 1 aliphatic heterocycles. The topological polar surface area (TPSA) is 73.0 Å². The molecule has 7 heteroatoms. The average Bonchev–Trinajstić information content (AvgIpc) is 3.24. The van der Waals surface area contributed by atoms with Gasteiger partial charge in [0.15, 0.2) is 11.5 Å². The van der Waals surface area contributed by atoms with E-state index in [4.69, 9.17) is 18.9 Å². The van der Waals surface area contributed by atoms with E-state index in [1.54, 1.807) is 12.0 Å². The van der Waals surface area contributed by atoms with Crippen molar-refractivity contribution in [3.05, 3.63) is 66.7 Å². The van der Waals surface area contributed by atoms with Gasteiger partial charge in [0.2, 0.25) is 5.91 Å². The fraction of sp³-hybridized carbons (Fsp3) is 0.269. The smallest absolute Gasteiger partial charge is 0.248 e. The number of rotatable bonds is 8. The number of fused-ring (bicyclic) bond motifs is 3. The van der Waals surface area contributed by atoms with Crippen molar-refractivity contribution in [3.8, 4) is 17.2 Å². The molecule has 1 atom stereocenters. The predicted molar refractivity (Wildman–Crippen MR) is 126 cm³/mol. The first-order valence-electron chi connectivity index (χ1n) is 11.0. The number of amides is 1. The van der Waals surface area contributed by atoms with E-state index in [2.05, 4.69) is 17.1 Å². The van der Waals surface area contributed by atoms with Crippen LogP contribution in [0.4, 0.5) is 0 Å². The SMILES string of the molecule is COc1ccccc1OCCN1C[C@H](COc2cccc3[nH]c4ccccc4c23)OCC1=O. The molecule has 5 rings (SSSR count). The molecule has 2 heterocycles. The van der Waals surface area contributed by atoms with E-state index >= 15 is 0 Å². The van der Waals surface area contributed by atoms with E-state index in [1.807, 2.05) is 54.6 Å². The summed E-state index contributed by atoms with van der Waals surface area (Å²) >= 11 is 0. The molecule has 33 heavy (non-hydrogen) atoms. The normalized spacial score (nSPS) is 16.3.